The summed E-state index contributed by atoms with van der Waals surface area (Å²) in [6.45, 7) is 1.24. The van der Waals surface area contributed by atoms with E-state index in [1.807, 2.05) is 7.11 Å². The summed E-state index contributed by atoms with van der Waals surface area (Å²) in [6.07, 6.45) is 14.1. The number of likely N-dealkylation sites (N-methyl/N-ethyl adjacent to an activating group) is 2. The van der Waals surface area contributed by atoms with Gasteiger partial charge in [-0.2, -0.15) is 0 Å². The molecule has 5 atom stereocenters. The Kier molecular flexibility index (Phi) is 5.31. The second kappa shape index (κ2) is 7.87. The number of hydrogen-bond donors (Lipinski definition) is 0. The zero-order chi connectivity index (χ0) is 21.8. The van der Waals surface area contributed by atoms with Crippen LogP contribution in [-0.4, -0.2) is 72.8 Å². The molecule has 1 aromatic rings. The smallest absolute Gasteiger partial charge is 0.339 e. The minimum atomic E-state index is -0.363. The Hall–Kier alpha value is -1.96. The normalized spacial score (nSPS) is 34.0. The molecule has 0 unspecified atom stereocenters. The van der Waals surface area contributed by atoms with Crippen LogP contribution in [0.25, 0.3) is 0 Å². The first-order chi connectivity index (χ1) is 14.9. The highest BCUT2D eigenvalue weighted by atomic mass is 79.9. The molecule has 5 rings (SSSR count). The molecule has 2 fully saturated rings. The Morgan fingerprint density at radius 1 is 1.35 bits per heavy atom. The molecule has 2 aliphatic carbocycles. The number of likely N-dealkylation sites (tertiary alicyclic amines) is 1. The molecule has 164 valence electrons. The fraction of sp³-hybridized carbons (Fsp3) is 0.500. The van der Waals surface area contributed by atoms with Crippen LogP contribution in [0, 0.1) is 11.8 Å². The first kappa shape index (κ1) is 20.9. The van der Waals surface area contributed by atoms with Crippen molar-refractivity contribution >= 4 is 21.9 Å². The van der Waals surface area contributed by atoms with Crippen molar-refractivity contribution in [3.05, 3.63) is 64.1 Å². The van der Waals surface area contributed by atoms with Gasteiger partial charge in [0.2, 0.25) is 0 Å². The Balaban J connectivity index is 1.38. The highest BCUT2D eigenvalue weighted by Gasteiger charge is 2.57. The van der Waals surface area contributed by atoms with Gasteiger partial charge in [0.1, 0.15) is 5.60 Å². The molecule has 0 N–H and O–H groups in total. The van der Waals surface area contributed by atoms with Gasteiger partial charge >= 0.3 is 5.97 Å². The molecule has 0 bridgehead atoms. The number of halogens is 1. The van der Waals surface area contributed by atoms with Gasteiger partial charge in [0.25, 0.3) is 0 Å². The van der Waals surface area contributed by atoms with Crippen LogP contribution >= 0.6 is 15.9 Å². The number of nitrogens with zero attached hydrogens (tertiary/aromatic N) is 3. The molecular formula is C24H28BrN3O3. The maximum Gasteiger partial charge on any atom is 0.339 e. The first-order valence-corrected chi connectivity index (χ1v) is 11.6. The lowest BCUT2D eigenvalue weighted by Gasteiger charge is -2.57. The van der Waals surface area contributed by atoms with Crippen molar-refractivity contribution in [3.8, 4) is 0 Å². The van der Waals surface area contributed by atoms with Crippen LogP contribution in [0.15, 0.2) is 58.5 Å². The van der Waals surface area contributed by atoms with E-state index >= 15 is 0 Å². The lowest BCUT2D eigenvalue weighted by molar-refractivity contribution is -0.111. The van der Waals surface area contributed by atoms with Crippen molar-refractivity contribution in [1.29, 1.82) is 0 Å². The standard InChI is InChI=1S/C24H28BrN3O3/c1-27-13-17-8-21-24(30-3,19-5-4-6-20(27)22(17)19)9-15(12-28(21)2)14-31-23(29)16-7-18(25)11-26-10-16/h4-7,10-11,13,15,20-22H,8-9,12,14H2,1-3H3/t15-,20-,21-,22-,24+/m1/s1. The van der Waals surface area contributed by atoms with Crippen LogP contribution in [-0.2, 0) is 9.47 Å². The van der Waals surface area contributed by atoms with E-state index in [9.17, 15) is 4.79 Å². The molecule has 0 radical (unpaired) electrons. The van der Waals surface area contributed by atoms with Crippen LogP contribution < -0.4 is 0 Å². The number of carbonyl (C=O) groups is 1. The lowest BCUT2D eigenvalue weighted by Crippen LogP contribution is -2.64. The molecule has 0 aromatic carbocycles. The maximum atomic E-state index is 12.6. The van der Waals surface area contributed by atoms with Crippen LogP contribution in [0.3, 0.4) is 0 Å². The van der Waals surface area contributed by atoms with Gasteiger partial charge < -0.3 is 14.4 Å². The molecule has 31 heavy (non-hydrogen) atoms. The predicted molar refractivity (Wildman–Crippen MR) is 121 cm³/mol. The minimum Gasteiger partial charge on any atom is -0.462 e. The second-order valence-corrected chi connectivity index (χ2v) is 10.1. The van der Waals surface area contributed by atoms with E-state index in [-0.39, 0.29) is 23.5 Å². The minimum absolute atomic E-state index is 0.195. The summed E-state index contributed by atoms with van der Waals surface area (Å²) >= 11 is 3.36. The summed E-state index contributed by atoms with van der Waals surface area (Å²) in [5.41, 5.74) is 2.97. The van der Waals surface area contributed by atoms with Gasteiger partial charge in [-0.1, -0.05) is 18.2 Å². The van der Waals surface area contributed by atoms with E-state index in [1.165, 1.54) is 17.3 Å². The highest BCUT2D eigenvalue weighted by Crippen LogP contribution is 2.54. The molecule has 6 nitrogen and oxygen atoms in total. The highest BCUT2D eigenvalue weighted by molar-refractivity contribution is 9.10. The quantitative estimate of drug-likeness (QED) is 0.609. The summed E-state index contributed by atoms with van der Waals surface area (Å²) in [6, 6.07) is 2.39. The van der Waals surface area contributed by atoms with Crippen LogP contribution in [0.4, 0.5) is 0 Å². The molecule has 0 spiro atoms. The second-order valence-electron chi connectivity index (χ2n) is 9.16. The predicted octanol–water partition coefficient (Wildman–Crippen LogP) is 3.42. The summed E-state index contributed by atoms with van der Waals surface area (Å²) < 4.78 is 12.9. The van der Waals surface area contributed by atoms with Gasteiger partial charge in [0.05, 0.1) is 18.2 Å². The maximum absolute atomic E-state index is 12.6. The molecule has 7 heteroatoms. The number of methoxy groups -OCH3 is 1. The lowest BCUT2D eigenvalue weighted by atomic mass is 9.61. The fourth-order valence-electron chi connectivity index (χ4n) is 6.10. The number of piperidine rings is 1. The van der Waals surface area contributed by atoms with Crippen molar-refractivity contribution in [3.63, 3.8) is 0 Å². The number of allylic oxidation sites excluding steroid dienone is 2. The van der Waals surface area contributed by atoms with E-state index in [1.54, 1.807) is 12.3 Å². The van der Waals surface area contributed by atoms with Crippen molar-refractivity contribution in [1.82, 2.24) is 14.8 Å². The van der Waals surface area contributed by atoms with Crippen LogP contribution in [0.1, 0.15) is 23.2 Å². The zero-order valence-corrected chi connectivity index (χ0v) is 19.7. The van der Waals surface area contributed by atoms with E-state index in [4.69, 9.17) is 9.47 Å². The van der Waals surface area contributed by atoms with Crippen molar-refractivity contribution in [2.75, 3.05) is 34.4 Å². The van der Waals surface area contributed by atoms with Gasteiger partial charge in [-0.3, -0.25) is 9.88 Å². The van der Waals surface area contributed by atoms with Crippen molar-refractivity contribution in [2.24, 2.45) is 11.8 Å². The average molecular weight is 486 g/mol. The third kappa shape index (κ3) is 3.38. The molecule has 1 aromatic heterocycles. The number of rotatable bonds is 4. The summed E-state index contributed by atoms with van der Waals surface area (Å²) in [5.74, 6) is 0.241. The number of pyridine rings is 1. The summed E-state index contributed by atoms with van der Waals surface area (Å²) in [5, 5.41) is 0. The van der Waals surface area contributed by atoms with Crippen LogP contribution in [0.5, 0.6) is 0 Å². The molecule has 0 amide bonds. The SMILES string of the molecule is CO[C@]12C[C@@H](COC(=O)c3cncc(Br)c3)CN(C)[C@@H]1CC1=CN(C)[C@@H]3C=CC=C2[C@@H]13. The molecule has 3 heterocycles. The fourth-order valence-corrected chi connectivity index (χ4v) is 6.46. The van der Waals surface area contributed by atoms with E-state index in [0.29, 0.717) is 24.1 Å². The zero-order valence-electron chi connectivity index (χ0n) is 18.1. The van der Waals surface area contributed by atoms with Gasteiger partial charge in [-0.15, -0.1) is 0 Å². The third-order valence-corrected chi connectivity index (χ3v) is 7.81. The van der Waals surface area contributed by atoms with Crippen molar-refractivity contribution in [2.45, 2.75) is 30.5 Å². The summed E-state index contributed by atoms with van der Waals surface area (Å²) in [7, 11) is 6.17. The third-order valence-electron chi connectivity index (χ3n) is 7.38. The topological polar surface area (TPSA) is 54.9 Å². The largest absolute Gasteiger partial charge is 0.462 e. The number of aromatic nitrogens is 1. The average Bonchev–Trinajstić information content (AvgIpc) is 3.09. The van der Waals surface area contributed by atoms with Gasteiger partial charge in [-0.05, 0) is 59.2 Å². The molecule has 2 aliphatic heterocycles. The van der Waals surface area contributed by atoms with Crippen LogP contribution in [0.2, 0.25) is 0 Å². The number of fused-ring (bicyclic) bond motifs is 2. The van der Waals surface area contributed by atoms with Crippen molar-refractivity contribution < 1.29 is 14.3 Å². The van der Waals surface area contributed by atoms with E-state index in [2.05, 4.69) is 69.2 Å². The van der Waals surface area contributed by atoms with E-state index < -0.39 is 0 Å². The Morgan fingerprint density at radius 3 is 2.97 bits per heavy atom. The van der Waals surface area contributed by atoms with E-state index in [0.717, 1.165) is 23.9 Å². The van der Waals surface area contributed by atoms with Gasteiger partial charge in [0.15, 0.2) is 0 Å². The summed E-state index contributed by atoms with van der Waals surface area (Å²) in [4.78, 5) is 21.3. The van der Waals surface area contributed by atoms with Gasteiger partial charge in [0, 0.05) is 55.4 Å². The number of hydrogen-bond acceptors (Lipinski definition) is 6. The molecular weight excluding hydrogens is 458 g/mol. The Labute approximate surface area is 191 Å². The number of carbonyl (C=O) groups excluding carboxylic acids is 1. The first-order valence-electron chi connectivity index (χ1n) is 10.8. The Morgan fingerprint density at radius 2 is 2.19 bits per heavy atom. The molecule has 4 aliphatic rings. The number of esters is 1. The van der Waals surface area contributed by atoms with Gasteiger partial charge in [-0.25, -0.2) is 4.79 Å². The number of ether oxygens (including phenoxy) is 2. The monoisotopic (exact) mass is 485 g/mol. The molecule has 1 saturated heterocycles. The Bertz CT molecular complexity index is 990. The molecule has 1 saturated carbocycles.